The van der Waals surface area contributed by atoms with E-state index in [-0.39, 0.29) is 0 Å². The Morgan fingerprint density at radius 2 is 2.47 bits per heavy atom. The van der Waals surface area contributed by atoms with Crippen molar-refractivity contribution in [3.05, 3.63) is 28.0 Å². The fourth-order valence-electron chi connectivity index (χ4n) is 1.26. The zero-order chi connectivity index (χ0) is 10.7. The van der Waals surface area contributed by atoms with E-state index in [1.54, 1.807) is 22.2 Å². The Morgan fingerprint density at radius 3 is 3.07 bits per heavy atom. The highest BCUT2D eigenvalue weighted by Crippen LogP contribution is 2.13. The molecule has 2 aromatic rings. The fourth-order valence-corrected chi connectivity index (χ4v) is 2.03. The lowest BCUT2D eigenvalue weighted by Crippen LogP contribution is -2.01. The Labute approximate surface area is 90.8 Å². The van der Waals surface area contributed by atoms with E-state index in [0.29, 0.717) is 12.0 Å². The molecule has 0 aliphatic rings. The van der Waals surface area contributed by atoms with Gasteiger partial charge in [0.1, 0.15) is 5.69 Å². The number of hydrogen-bond acceptors (Lipinski definition) is 5. The van der Waals surface area contributed by atoms with Gasteiger partial charge in [-0.25, -0.2) is 4.98 Å². The monoisotopic (exact) mass is 222 g/mol. The average molecular weight is 222 g/mol. The van der Waals surface area contributed by atoms with E-state index in [1.165, 1.54) is 4.88 Å². The topological polar surface area (TPSA) is 60.7 Å². The van der Waals surface area contributed by atoms with Gasteiger partial charge in [-0.15, -0.1) is 16.4 Å². The van der Waals surface area contributed by atoms with Crippen molar-refractivity contribution < 1.29 is 4.79 Å². The molecule has 0 unspecified atom stereocenters. The minimum atomic E-state index is 0.371. The van der Waals surface area contributed by atoms with Crippen molar-refractivity contribution in [2.75, 3.05) is 0 Å². The van der Waals surface area contributed by atoms with Crippen LogP contribution in [0.5, 0.6) is 0 Å². The highest BCUT2D eigenvalue weighted by Gasteiger charge is 2.03. The summed E-state index contributed by atoms with van der Waals surface area (Å²) in [6.45, 7) is 2.72. The third-order valence-corrected chi connectivity index (χ3v) is 3.08. The fraction of sp³-hybridized carbons (Fsp3) is 0.333. The number of carbonyl (C=O) groups excluding carboxylic acids is 1. The van der Waals surface area contributed by atoms with Crippen LogP contribution in [0.15, 0.2) is 11.7 Å². The predicted molar refractivity (Wildman–Crippen MR) is 56.0 cm³/mol. The molecule has 0 saturated heterocycles. The highest BCUT2D eigenvalue weighted by atomic mass is 32.1. The van der Waals surface area contributed by atoms with Crippen molar-refractivity contribution >= 4 is 17.6 Å². The van der Waals surface area contributed by atoms with E-state index in [4.69, 9.17) is 0 Å². The smallest absolute Gasteiger partial charge is 0.171 e. The van der Waals surface area contributed by atoms with E-state index in [1.807, 2.05) is 12.4 Å². The number of nitrogens with zero attached hydrogens (tertiary/aromatic N) is 4. The molecule has 0 amide bonds. The van der Waals surface area contributed by atoms with Gasteiger partial charge in [0.15, 0.2) is 6.29 Å². The summed E-state index contributed by atoms with van der Waals surface area (Å²) in [6, 6.07) is 0. The van der Waals surface area contributed by atoms with Crippen molar-refractivity contribution in [1.29, 1.82) is 0 Å². The zero-order valence-electron chi connectivity index (χ0n) is 8.25. The molecule has 0 fully saturated rings. The maximum Gasteiger partial charge on any atom is 0.171 e. The van der Waals surface area contributed by atoms with Crippen molar-refractivity contribution in [2.24, 2.45) is 0 Å². The van der Waals surface area contributed by atoms with Crippen LogP contribution in [-0.2, 0) is 13.0 Å². The molecule has 2 rings (SSSR count). The summed E-state index contributed by atoms with van der Waals surface area (Å²) in [7, 11) is 0. The predicted octanol–water partition coefficient (Wildman–Crippen LogP) is 1.10. The Balaban J connectivity index is 1.99. The molecule has 0 aromatic carbocycles. The molecular weight excluding hydrogens is 212 g/mol. The summed E-state index contributed by atoms with van der Waals surface area (Å²) in [4.78, 5) is 15.8. The molecular formula is C9H10N4OS. The van der Waals surface area contributed by atoms with E-state index in [2.05, 4.69) is 15.3 Å². The number of carbonyl (C=O) groups is 1. The Bertz CT molecular complexity index is 462. The van der Waals surface area contributed by atoms with Crippen LogP contribution in [0.3, 0.4) is 0 Å². The molecule has 0 saturated carbocycles. The van der Waals surface area contributed by atoms with Crippen molar-refractivity contribution in [3.8, 4) is 0 Å². The summed E-state index contributed by atoms with van der Waals surface area (Å²) in [5.41, 5.74) is 3.27. The zero-order valence-corrected chi connectivity index (χ0v) is 9.07. The summed E-state index contributed by atoms with van der Waals surface area (Å²) in [5.74, 6) is 0. The van der Waals surface area contributed by atoms with E-state index in [9.17, 15) is 4.79 Å². The number of aryl methyl sites for hydroxylation is 3. The minimum Gasteiger partial charge on any atom is -0.296 e. The maximum absolute atomic E-state index is 10.4. The lowest BCUT2D eigenvalue weighted by Gasteiger charge is -1.98. The normalized spacial score (nSPS) is 10.5. The first kappa shape index (κ1) is 9.97. The molecule has 6 heteroatoms. The van der Waals surface area contributed by atoms with Gasteiger partial charge >= 0.3 is 0 Å². The molecule has 0 aliphatic carbocycles. The lowest BCUT2D eigenvalue weighted by atomic mass is 10.3. The van der Waals surface area contributed by atoms with Crippen LogP contribution in [0, 0.1) is 6.92 Å². The van der Waals surface area contributed by atoms with Crippen LogP contribution in [0.1, 0.15) is 21.1 Å². The van der Waals surface area contributed by atoms with Gasteiger partial charge in [-0.2, -0.15) is 0 Å². The van der Waals surface area contributed by atoms with E-state index in [0.717, 1.165) is 18.7 Å². The summed E-state index contributed by atoms with van der Waals surface area (Å²) < 4.78 is 1.67. The molecule has 0 N–H and O–H groups in total. The number of aromatic nitrogens is 4. The molecule has 2 aromatic heterocycles. The van der Waals surface area contributed by atoms with Crippen LogP contribution in [0.4, 0.5) is 0 Å². The first-order valence-electron chi connectivity index (χ1n) is 4.54. The highest BCUT2D eigenvalue weighted by molar-refractivity contribution is 7.09. The summed E-state index contributed by atoms with van der Waals surface area (Å²) in [6.07, 6.45) is 3.21. The van der Waals surface area contributed by atoms with Crippen molar-refractivity contribution in [3.63, 3.8) is 0 Å². The second-order valence-corrected chi connectivity index (χ2v) is 4.07. The van der Waals surface area contributed by atoms with Gasteiger partial charge in [0.25, 0.3) is 0 Å². The SMILES string of the molecule is Cc1ncsc1CCn1cc(C=O)nn1. The third-order valence-electron chi connectivity index (χ3n) is 2.09. The van der Waals surface area contributed by atoms with Gasteiger partial charge in [-0.3, -0.25) is 9.48 Å². The molecule has 0 radical (unpaired) electrons. The Kier molecular flexibility index (Phi) is 2.86. The molecule has 0 atom stereocenters. The molecule has 78 valence electrons. The first-order chi connectivity index (χ1) is 7.29. The molecule has 5 nitrogen and oxygen atoms in total. The molecule has 0 bridgehead atoms. The van der Waals surface area contributed by atoms with Crippen LogP contribution in [-0.4, -0.2) is 26.3 Å². The van der Waals surface area contributed by atoms with E-state index < -0.39 is 0 Å². The largest absolute Gasteiger partial charge is 0.296 e. The Hall–Kier alpha value is -1.56. The van der Waals surface area contributed by atoms with E-state index >= 15 is 0 Å². The van der Waals surface area contributed by atoms with Gasteiger partial charge in [0, 0.05) is 17.8 Å². The minimum absolute atomic E-state index is 0.371. The molecule has 0 spiro atoms. The van der Waals surface area contributed by atoms with Gasteiger partial charge in [0.2, 0.25) is 0 Å². The maximum atomic E-state index is 10.4. The number of hydrogen-bond donors (Lipinski definition) is 0. The Morgan fingerprint density at radius 1 is 1.60 bits per heavy atom. The average Bonchev–Trinajstić information content (AvgIpc) is 2.84. The first-order valence-corrected chi connectivity index (χ1v) is 5.42. The van der Waals surface area contributed by atoms with Crippen LogP contribution in [0.2, 0.25) is 0 Å². The summed E-state index contributed by atoms with van der Waals surface area (Å²) in [5, 5.41) is 7.53. The van der Waals surface area contributed by atoms with Crippen molar-refractivity contribution in [2.45, 2.75) is 19.9 Å². The summed E-state index contributed by atoms with van der Waals surface area (Å²) >= 11 is 1.64. The molecule has 15 heavy (non-hydrogen) atoms. The standard InChI is InChI=1S/C9H10N4OS/c1-7-9(15-6-10-7)2-3-13-4-8(5-14)11-12-13/h4-6H,2-3H2,1H3. The third kappa shape index (κ3) is 2.27. The number of aldehydes is 1. The van der Waals surface area contributed by atoms with Crippen LogP contribution >= 0.6 is 11.3 Å². The van der Waals surface area contributed by atoms with Gasteiger partial charge < -0.3 is 0 Å². The van der Waals surface area contributed by atoms with Crippen molar-refractivity contribution in [1.82, 2.24) is 20.0 Å². The van der Waals surface area contributed by atoms with Crippen LogP contribution < -0.4 is 0 Å². The number of thiazole rings is 1. The number of rotatable bonds is 4. The van der Waals surface area contributed by atoms with Gasteiger partial charge in [-0.05, 0) is 6.92 Å². The second-order valence-electron chi connectivity index (χ2n) is 3.14. The quantitative estimate of drug-likeness (QED) is 0.727. The van der Waals surface area contributed by atoms with Gasteiger partial charge in [-0.1, -0.05) is 5.21 Å². The van der Waals surface area contributed by atoms with Gasteiger partial charge in [0.05, 0.1) is 17.4 Å². The second kappa shape index (κ2) is 4.31. The molecule has 2 heterocycles. The van der Waals surface area contributed by atoms with Crippen LogP contribution in [0.25, 0.3) is 0 Å². The lowest BCUT2D eigenvalue weighted by molar-refractivity contribution is 0.111. The molecule has 0 aliphatic heterocycles.